The smallest absolute Gasteiger partial charge is 0.224 e. The average Bonchev–Trinajstić information content (AvgIpc) is 2.67. The topological polar surface area (TPSA) is 61.9 Å². The van der Waals surface area contributed by atoms with Gasteiger partial charge in [-0.05, 0) is 44.6 Å². The van der Waals surface area contributed by atoms with Crippen LogP contribution in [0.2, 0.25) is 0 Å². The summed E-state index contributed by atoms with van der Waals surface area (Å²) in [5.41, 5.74) is 1.13. The van der Waals surface area contributed by atoms with E-state index in [2.05, 4.69) is 10.2 Å². The standard InChI is InChI=1S/C20H31N3O3/c1-5-19(24)23-12-6-7-16(14-23)20(25)21-13-18(22(2)3)15-8-10-17(26-4)11-9-15/h8-11,16,18H,5-7,12-14H2,1-4H3,(H,21,25). The number of hydrogen-bond donors (Lipinski definition) is 1. The highest BCUT2D eigenvalue weighted by molar-refractivity contribution is 5.81. The number of nitrogens with zero attached hydrogens (tertiary/aromatic N) is 2. The van der Waals surface area contributed by atoms with Gasteiger partial charge in [-0.25, -0.2) is 0 Å². The Hall–Kier alpha value is -2.08. The number of ether oxygens (including phenoxy) is 1. The van der Waals surface area contributed by atoms with E-state index in [4.69, 9.17) is 4.74 Å². The summed E-state index contributed by atoms with van der Waals surface area (Å²) < 4.78 is 5.21. The molecule has 144 valence electrons. The van der Waals surface area contributed by atoms with Crippen LogP contribution in [0.4, 0.5) is 0 Å². The number of piperidine rings is 1. The molecule has 1 aliphatic rings. The Bertz CT molecular complexity index is 601. The zero-order valence-electron chi connectivity index (χ0n) is 16.3. The van der Waals surface area contributed by atoms with Gasteiger partial charge in [0.05, 0.1) is 19.1 Å². The van der Waals surface area contributed by atoms with Gasteiger partial charge in [0.1, 0.15) is 5.75 Å². The molecule has 1 fully saturated rings. The summed E-state index contributed by atoms with van der Waals surface area (Å²) in [5.74, 6) is 0.877. The molecule has 1 saturated heterocycles. The molecular weight excluding hydrogens is 330 g/mol. The lowest BCUT2D eigenvalue weighted by molar-refractivity contribution is -0.135. The Kier molecular flexibility index (Phi) is 7.45. The highest BCUT2D eigenvalue weighted by atomic mass is 16.5. The van der Waals surface area contributed by atoms with Crippen LogP contribution >= 0.6 is 0 Å². The van der Waals surface area contributed by atoms with E-state index in [1.165, 1.54) is 0 Å². The Morgan fingerprint density at radius 2 is 2.00 bits per heavy atom. The second kappa shape index (κ2) is 9.57. The fourth-order valence-corrected chi connectivity index (χ4v) is 3.41. The number of carbonyl (C=O) groups excluding carboxylic acids is 2. The van der Waals surface area contributed by atoms with Crippen molar-refractivity contribution in [3.63, 3.8) is 0 Å². The van der Waals surface area contributed by atoms with Gasteiger partial charge in [-0.2, -0.15) is 0 Å². The van der Waals surface area contributed by atoms with Crippen LogP contribution in [0.1, 0.15) is 37.8 Å². The molecule has 1 N–H and O–H groups in total. The number of hydrogen-bond acceptors (Lipinski definition) is 4. The SMILES string of the molecule is CCC(=O)N1CCCC(C(=O)NCC(c2ccc(OC)cc2)N(C)C)C1. The van der Waals surface area contributed by atoms with E-state index in [0.717, 1.165) is 30.7 Å². The number of rotatable bonds is 7. The van der Waals surface area contributed by atoms with Crippen LogP contribution in [-0.2, 0) is 9.59 Å². The van der Waals surface area contributed by atoms with Crippen LogP contribution in [0.25, 0.3) is 0 Å². The minimum Gasteiger partial charge on any atom is -0.497 e. The van der Waals surface area contributed by atoms with Crippen LogP contribution in [0.15, 0.2) is 24.3 Å². The zero-order valence-corrected chi connectivity index (χ0v) is 16.3. The van der Waals surface area contributed by atoms with Gasteiger partial charge in [0.25, 0.3) is 0 Å². The maximum Gasteiger partial charge on any atom is 0.224 e. The first-order valence-electron chi connectivity index (χ1n) is 9.32. The monoisotopic (exact) mass is 361 g/mol. The van der Waals surface area contributed by atoms with Gasteiger partial charge < -0.3 is 19.9 Å². The van der Waals surface area contributed by atoms with Gasteiger partial charge in [0.15, 0.2) is 0 Å². The van der Waals surface area contributed by atoms with E-state index in [0.29, 0.717) is 19.5 Å². The fourth-order valence-electron chi connectivity index (χ4n) is 3.41. The molecule has 1 aromatic carbocycles. The number of amides is 2. The van der Waals surface area contributed by atoms with Crippen molar-refractivity contribution < 1.29 is 14.3 Å². The molecule has 2 amide bonds. The third-order valence-corrected chi connectivity index (χ3v) is 5.04. The molecule has 6 nitrogen and oxygen atoms in total. The maximum absolute atomic E-state index is 12.6. The zero-order chi connectivity index (χ0) is 19.1. The summed E-state index contributed by atoms with van der Waals surface area (Å²) in [7, 11) is 5.65. The first-order chi connectivity index (χ1) is 12.5. The number of likely N-dealkylation sites (N-methyl/N-ethyl adjacent to an activating group) is 1. The second-order valence-electron chi connectivity index (χ2n) is 7.03. The largest absolute Gasteiger partial charge is 0.497 e. The molecule has 1 aliphatic heterocycles. The maximum atomic E-state index is 12.6. The first kappa shape index (κ1) is 20.2. The molecule has 2 unspecified atom stereocenters. The van der Waals surface area contributed by atoms with Gasteiger partial charge in [-0.15, -0.1) is 0 Å². The predicted octanol–water partition coefficient (Wildman–Crippen LogP) is 2.06. The van der Waals surface area contributed by atoms with Crippen molar-refractivity contribution in [3.05, 3.63) is 29.8 Å². The first-order valence-corrected chi connectivity index (χ1v) is 9.32. The lowest BCUT2D eigenvalue weighted by Gasteiger charge is -2.32. The lowest BCUT2D eigenvalue weighted by atomic mass is 9.96. The minimum absolute atomic E-state index is 0.0407. The molecule has 2 rings (SSSR count). The van der Waals surface area contributed by atoms with Gasteiger partial charge in [0.2, 0.25) is 11.8 Å². The fraction of sp³-hybridized carbons (Fsp3) is 0.600. The molecule has 0 aliphatic carbocycles. The lowest BCUT2D eigenvalue weighted by Crippen LogP contribution is -2.46. The minimum atomic E-state index is -0.113. The van der Waals surface area contributed by atoms with Gasteiger partial charge >= 0.3 is 0 Å². The average molecular weight is 361 g/mol. The van der Waals surface area contributed by atoms with Gasteiger partial charge in [-0.1, -0.05) is 19.1 Å². The summed E-state index contributed by atoms with van der Waals surface area (Å²) in [5, 5.41) is 3.09. The van der Waals surface area contributed by atoms with Crippen LogP contribution in [-0.4, -0.2) is 62.5 Å². The van der Waals surface area contributed by atoms with E-state index >= 15 is 0 Å². The summed E-state index contributed by atoms with van der Waals surface area (Å²) in [6.07, 6.45) is 2.22. The number of nitrogens with one attached hydrogen (secondary N) is 1. The molecule has 0 saturated carbocycles. The normalized spacial score (nSPS) is 18.5. The number of likely N-dealkylation sites (tertiary alicyclic amines) is 1. The second-order valence-corrected chi connectivity index (χ2v) is 7.03. The van der Waals surface area contributed by atoms with Gasteiger partial charge in [-0.3, -0.25) is 9.59 Å². The van der Waals surface area contributed by atoms with Crippen molar-refractivity contribution in [2.45, 2.75) is 32.2 Å². The van der Waals surface area contributed by atoms with Crippen molar-refractivity contribution in [2.75, 3.05) is 40.8 Å². The Labute approximate surface area is 156 Å². The highest BCUT2D eigenvalue weighted by Gasteiger charge is 2.28. The van der Waals surface area contributed by atoms with E-state index in [-0.39, 0.29) is 23.8 Å². The Balaban J connectivity index is 1.95. The summed E-state index contributed by atoms with van der Waals surface area (Å²) in [4.78, 5) is 28.4. The molecule has 6 heteroatoms. The number of methoxy groups -OCH3 is 1. The quantitative estimate of drug-likeness (QED) is 0.808. The summed E-state index contributed by atoms with van der Waals surface area (Å²) in [6.45, 7) is 3.70. The third kappa shape index (κ3) is 5.21. The van der Waals surface area contributed by atoms with Crippen LogP contribution in [0.3, 0.4) is 0 Å². The predicted molar refractivity (Wildman–Crippen MR) is 102 cm³/mol. The van der Waals surface area contributed by atoms with Crippen molar-refractivity contribution in [3.8, 4) is 5.75 Å². The molecule has 2 atom stereocenters. The van der Waals surface area contributed by atoms with E-state index in [1.807, 2.05) is 50.2 Å². The third-order valence-electron chi connectivity index (χ3n) is 5.04. The van der Waals surface area contributed by atoms with Gasteiger partial charge in [0, 0.05) is 26.1 Å². The molecule has 1 aromatic rings. The molecule has 0 aromatic heterocycles. The van der Waals surface area contributed by atoms with E-state index < -0.39 is 0 Å². The van der Waals surface area contributed by atoms with Crippen molar-refractivity contribution >= 4 is 11.8 Å². The Morgan fingerprint density at radius 1 is 1.31 bits per heavy atom. The van der Waals surface area contributed by atoms with E-state index in [9.17, 15) is 9.59 Å². The Morgan fingerprint density at radius 3 is 2.58 bits per heavy atom. The summed E-state index contributed by atoms with van der Waals surface area (Å²) in [6, 6.07) is 8.00. The molecular formula is C20H31N3O3. The van der Waals surface area contributed by atoms with Crippen molar-refractivity contribution in [2.24, 2.45) is 5.92 Å². The molecule has 1 heterocycles. The summed E-state index contributed by atoms with van der Waals surface area (Å²) >= 11 is 0. The van der Waals surface area contributed by atoms with Crippen molar-refractivity contribution in [1.82, 2.24) is 15.1 Å². The molecule has 0 radical (unpaired) electrons. The number of carbonyl (C=O) groups is 2. The molecule has 0 bridgehead atoms. The number of benzene rings is 1. The van der Waals surface area contributed by atoms with Crippen molar-refractivity contribution in [1.29, 1.82) is 0 Å². The highest BCUT2D eigenvalue weighted by Crippen LogP contribution is 2.22. The van der Waals surface area contributed by atoms with Crippen LogP contribution in [0.5, 0.6) is 5.75 Å². The van der Waals surface area contributed by atoms with Crippen LogP contribution in [0, 0.1) is 5.92 Å². The van der Waals surface area contributed by atoms with Crippen LogP contribution < -0.4 is 10.1 Å². The molecule has 26 heavy (non-hydrogen) atoms. The molecule has 0 spiro atoms. The van der Waals surface area contributed by atoms with E-state index in [1.54, 1.807) is 7.11 Å².